The molecule has 0 amide bonds. The fourth-order valence-electron chi connectivity index (χ4n) is 2.64. The summed E-state index contributed by atoms with van der Waals surface area (Å²) in [7, 11) is 0. The molecule has 0 aliphatic carbocycles. The monoisotopic (exact) mass is 359 g/mol. The number of anilines is 1. The SMILES string of the molecule is Cc1nn(C(=O)OC(C)(C)C)c2ccc(-c3cc(F)c(N)c(F)c3)cc12. The average Bonchev–Trinajstić information content (AvgIpc) is 2.87. The van der Waals surface area contributed by atoms with Crippen LogP contribution in [0.4, 0.5) is 19.3 Å². The maximum Gasteiger partial charge on any atom is 0.435 e. The van der Waals surface area contributed by atoms with Gasteiger partial charge in [-0.3, -0.25) is 0 Å². The molecule has 7 heteroatoms. The fraction of sp³-hybridized carbons (Fsp3) is 0.263. The molecule has 0 aliphatic rings. The van der Waals surface area contributed by atoms with E-state index in [9.17, 15) is 13.6 Å². The van der Waals surface area contributed by atoms with E-state index in [4.69, 9.17) is 10.5 Å². The number of benzene rings is 2. The van der Waals surface area contributed by atoms with E-state index < -0.39 is 29.0 Å². The van der Waals surface area contributed by atoms with Gasteiger partial charge >= 0.3 is 6.09 Å². The van der Waals surface area contributed by atoms with Gasteiger partial charge in [-0.1, -0.05) is 6.07 Å². The van der Waals surface area contributed by atoms with E-state index in [2.05, 4.69) is 5.10 Å². The lowest BCUT2D eigenvalue weighted by atomic mass is 10.0. The predicted octanol–water partition coefficient (Wildman–Crippen LogP) is 4.66. The Balaban J connectivity index is 2.08. The van der Waals surface area contributed by atoms with Crippen LogP contribution in [-0.2, 0) is 4.74 Å². The summed E-state index contributed by atoms with van der Waals surface area (Å²) in [6.45, 7) is 7.06. The van der Waals surface area contributed by atoms with Crippen LogP contribution in [-0.4, -0.2) is 21.5 Å². The highest BCUT2D eigenvalue weighted by atomic mass is 19.1. The normalized spacial score (nSPS) is 11.8. The molecule has 5 nitrogen and oxygen atoms in total. The van der Waals surface area contributed by atoms with Crippen molar-refractivity contribution in [1.82, 2.24) is 9.78 Å². The largest absolute Gasteiger partial charge is 0.442 e. The third-order valence-corrected chi connectivity index (χ3v) is 3.84. The molecule has 0 saturated carbocycles. The zero-order valence-corrected chi connectivity index (χ0v) is 14.9. The zero-order chi connectivity index (χ0) is 19.2. The third-order valence-electron chi connectivity index (χ3n) is 3.84. The molecule has 2 N–H and O–H groups in total. The zero-order valence-electron chi connectivity index (χ0n) is 14.9. The van der Waals surface area contributed by atoms with E-state index >= 15 is 0 Å². The second-order valence-corrected chi connectivity index (χ2v) is 7.06. The summed E-state index contributed by atoms with van der Waals surface area (Å²) in [6, 6.07) is 7.40. The highest BCUT2D eigenvalue weighted by Crippen LogP contribution is 2.29. The fourth-order valence-corrected chi connectivity index (χ4v) is 2.64. The molecule has 136 valence electrons. The number of fused-ring (bicyclic) bond motifs is 1. The summed E-state index contributed by atoms with van der Waals surface area (Å²) in [5, 5.41) is 4.92. The van der Waals surface area contributed by atoms with Gasteiger partial charge in [0.1, 0.15) is 22.9 Å². The van der Waals surface area contributed by atoms with Gasteiger partial charge in [-0.05, 0) is 63.1 Å². The summed E-state index contributed by atoms with van der Waals surface area (Å²) in [6.07, 6.45) is -0.590. The van der Waals surface area contributed by atoms with Crippen molar-refractivity contribution >= 4 is 22.7 Å². The number of carbonyl (C=O) groups is 1. The van der Waals surface area contributed by atoms with E-state index in [1.54, 1.807) is 45.9 Å². The molecular weight excluding hydrogens is 340 g/mol. The quantitative estimate of drug-likeness (QED) is 0.642. The molecule has 0 bridgehead atoms. The second kappa shape index (κ2) is 6.09. The molecule has 0 spiro atoms. The molecular formula is C19H19F2N3O2. The molecule has 0 aliphatic heterocycles. The van der Waals surface area contributed by atoms with Crippen LogP contribution in [0.15, 0.2) is 30.3 Å². The van der Waals surface area contributed by atoms with Gasteiger partial charge < -0.3 is 10.5 Å². The summed E-state index contributed by atoms with van der Waals surface area (Å²) in [5.41, 5.74) is 6.24. The van der Waals surface area contributed by atoms with Crippen molar-refractivity contribution < 1.29 is 18.3 Å². The van der Waals surface area contributed by atoms with E-state index in [0.29, 0.717) is 27.7 Å². The smallest absolute Gasteiger partial charge is 0.435 e. The maximum atomic E-state index is 13.7. The number of nitrogens with two attached hydrogens (primary N) is 1. The van der Waals surface area contributed by atoms with Crippen LogP contribution in [0.25, 0.3) is 22.0 Å². The van der Waals surface area contributed by atoms with Crippen molar-refractivity contribution in [3.8, 4) is 11.1 Å². The van der Waals surface area contributed by atoms with E-state index in [1.165, 1.54) is 16.8 Å². The van der Waals surface area contributed by atoms with Crippen LogP contribution in [0.1, 0.15) is 26.5 Å². The molecule has 0 saturated heterocycles. The number of hydrogen-bond donors (Lipinski definition) is 1. The van der Waals surface area contributed by atoms with Crippen molar-refractivity contribution in [2.24, 2.45) is 0 Å². The molecule has 3 aromatic rings. The first-order chi connectivity index (χ1) is 12.1. The van der Waals surface area contributed by atoms with Crippen molar-refractivity contribution in [3.05, 3.63) is 47.7 Å². The minimum absolute atomic E-state index is 0.348. The standard InChI is InChI=1S/C19H19F2N3O2/c1-10-13-7-11(12-8-14(20)17(22)15(21)9-12)5-6-16(13)24(23-10)18(25)26-19(2,3)4/h5-9H,22H2,1-4H3. The Morgan fingerprint density at radius 1 is 1.12 bits per heavy atom. The molecule has 0 fully saturated rings. The predicted molar refractivity (Wildman–Crippen MR) is 95.9 cm³/mol. The molecule has 2 aromatic carbocycles. The molecule has 3 rings (SSSR count). The van der Waals surface area contributed by atoms with Crippen LogP contribution in [0.3, 0.4) is 0 Å². The first kappa shape index (κ1) is 17.8. The van der Waals surface area contributed by atoms with Gasteiger partial charge in [0.15, 0.2) is 0 Å². The second-order valence-electron chi connectivity index (χ2n) is 7.06. The molecule has 0 atom stereocenters. The van der Waals surface area contributed by atoms with Crippen molar-refractivity contribution in [1.29, 1.82) is 0 Å². The van der Waals surface area contributed by atoms with Gasteiger partial charge in [-0.2, -0.15) is 9.78 Å². The number of halogens is 2. The summed E-state index contributed by atoms with van der Waals surface area (Å²) >= 11 is 0. The topological polar surface area (TPSA) is 70.1 Å². The lowest BCUT2D eigenvalue weighted by Gasteiger charge is -2.19. The Labute approximate surface area is 149 Å². The Morgan fingerprint density at radius 2 is 1.73 bits per heavy atom. The number of aryl methyl sites for hydroxylation is 1. The Morgan fingerprint density at radius 3 is 2.31 bits per heavy atom. The maximum absolute atomic E-state index is 13.7. The first-order valence-electron chi connectivity index (χ1n) is 8.04. The number of nitrogens with zero attached hydrogens (tertiary/aromatic N) is 2. The molecule has 26 heavy (non-hydrogen) atoms. The van der Waals surface area contributed by atoms with Crippen molar-refractivity contribution in [2.45, 2.75) is 33.3 Å². The van der Waals surface area contributed by atoms with Crippen LogP contribution < -0.4 is 5.73 Å². The van der Waals surface area contributed by atoms with Gasteiger partial charge in [-0.25, -0.2) is 13.6 Å². The van der Waals surface area contributed by atoms with Crippen LogP contribution >= 0.6 is 0 Å². The minimum Gasteiger partial charge on any atom is -0.442 e. The van der Waals surface area contributed by atoms with Crippen LogP contribution in [0.5, 0.6) is 0 Å². The number of aromatic nitrogens is 2. The number of nitrogen functional groups attached to an aromatic ring is 1. The third kappa shape index (κ3) is 3.24. The Kier molecular flexibility index (Phi) is 4.18. The lowest BCUT2D eigenvalue weighted by molar-refractivity contribution is 0.0522. The highest BCUT2D eigenvalue weighted by Gasteiger charge is 2.21. The summed E-state index contributed by atoms with van der Waals surface area (Å²) in [4.78, 5) is 12.3. The van der Waals surface area contributed by atoms with Gasteiger partial charge in [0, 0.05) is 5.39 Å². The Bertz CT molecular complexity index is 997. The van der Waals surface area contributed by atoms with Gasteiger partial charge in [0.25, 0.3) is 0 Å². The van der Waals surface area contributed by atoms with Crippen LogP contribution in [0, 0.1) is 18.6 Å². The first-order valence-corrected chi connectivity index (χ1v) is 8.04. The van der Waals surface area contributed by atoms with E-state index in [0.717, 1.165) is 0 Å². The van der Waals surface area contributed by atoms with Crippen molar-refractivity contribution in [3.63, 3.8) is 0 Å². The number of ether oxygens (including phenoxy) is 1. The lowest BCUT2D eigenvalue weighted by Crippen LogP contribution is -2.27. The average molecular weight is 359 g/mol. The molecule has 1 aromatic heterocycles. The van der Waals surface area contributed by atoms with E-state index in [1.807, 2.05) is 0 Å². The number of hydrogen-bond acceptors (Lipinski definition) is 4. The van der Waals surface area contributed by atoms with E-state index in [-0.39, 0.29) is 0 Å². The van der Waals surface area contributed by atoms with Crippen LogP contribution in [0.2, 0.25) is 0 Å². The number of carbonyl (C=O) groups excluding carboxylic acids is 1. The summed E-state index contributed by atoms with van der Waals surface area (Å²) in [5.74, 6) is -1.64. The highest BCUT2D eigenvalue weighted by molar-refractivity contribution is 5.92. The molecule has 0 unspecified atom stereocenters. The van der Waals surface area contributed by atoms with Gasteiger partial charge in [0.05, 0.1) is 11.2 Å². The van der Waals surface area contributed by atoms with Crippen molar-refractivity contribution in [2.75, 3.05) is 5.73 Å². The van der Waals surface area contributed by atoms with Gasteiger partial charge in [0.2, 0.25) is 0 Å². The Hall–Kier alpha value is -2.96. The molecule has 1 heterocycles. The molecule has 0 radical (unpaired) electrons. The number of rotatable bonds is 1. The minimum atomic E-state index is -0.818. The van der Waals surface area contributed by atoms with Gasteiger partial charge in [-0.15, -0.1) is 0 Å². The summed E-state index contributed by atoms with van der Waals surface area (Å²) < 4.78 is 34.0.